The Kier molecular flexibility index (Phi) is 3.86. The molecule has 1 aliphatic rings. The Morgan fingerprint density at radius 3 is 2.92 bits per heavy atom. The van der Waals surface area contributed by atoms with Gasteiger partial charge in [0, 0.05) is 38.9 Å². The number of fused-ring (bicyclic) bond motifs is 1. The number of aromatic amines is 1. The van der Waals surface area contributed by atoms with Crippen molar-refractivity contribution in [2.45, 2.75) is 19.0 Å². The number of rotatable bonds is 4. The van der Waals surface area contributed by atoms with E-state index in [1.54, 1.807) is 0 Å². The summed E-state index contributed by atoms with van der Waals surface area (Å²) in [7, 11) is 1.98. The largest absolute Gasteiger partial charge is 0.349 e. The lowest BCUT2D eigenvalue weighted by Gasteiger charge is -2.16. The van der Waals surface area contributed by atoms with Crippen LogP contribution in [0.1, 0.15) is 22.5 Å². The summed E-state index contributed by atoms with van der Waals surface area (Å²) in [4.78, 5) is 18.1. The second kappa shape index (κ2) is 6.17. The minimum absolute atomic E-state index is 0.0160. The molecule has 3 heterocycles. The Morgan fingerprint density at radius 1 is 1.29 bits per heavy atom. The van der Waals surface area contributed by atoms with Crippen molar-refractivity contribution in [3.05, 3.63) is 59.9 Å². The molecule has 24 heavy (non-hydrogen) atoms. The minimum Gasteiger partial charge on any atom is -0.349 e. The third kappa shape index (κ3) is 2.95. The Balaban J connectivity index is 1.36. The monoisotopic (exact) mass is 322 g/mol. The fourth-order valence-electron chi connectivity index (χ4n) is 3.47. The molecule has 0 aliphatic carbocycles. The predicted octanol–water partition coefficient (Wildman–Crippen LogP) is 2.51. The van der Waals surface area contributed by atoms with Crippen LogP contribution in [0.4, 0.5) is 0 Å². The lowest BCUT2D eigenvalue weighted by molar-refractivity contribution is 0.0933. The lowest BCUT2D eigenvalue weighted by atomic mass is 10.2. The van der Waals surface area contributed by atoms with E-state index in [0.717, 1.165) is 37.1 Å². The van der Waals surface area contributed by atoms with Crippen LogP contribution in [0.5, 0.6) is 0 Å². The van der Waals surface area contributed by atoms with E-state index in [1.165, 1.54) is 5.56 Å². The summed E-state index contributed by atoms with van der Waals surface area (Å²) in [5, 5.41) is 3.16. The predicted molar refractivity (Wildman–Crippen MR) is 94.9 cm³/mol. The Hall–Kier alpha value is -2.53. The van der Waals surface area contributed by atoms with Crippen LogP contribution in [0.3, 0.4) is 0 Å². The first-order chi connectivity index (χ1) is 11.7. The summed E-state index contributed by atoms with van der Waals surface area (Å²) >= 11 is 0. The highest BCUT2D eigenvalue weighted by Gasteiger charge is 2.24. The third-order valence-electron chi connectivity index (χ3n) is 4.77. The van der Waals surface area contributed by atoms with Gasteiger partial charge in [0.15, 0.2) is 0 Å². The molecular formula is C19H22N4O. The standard InChI is InChI=1S/C19H22N4O/c1-22-9-8-16-18(22)11-17(21-16)19(24)20-15-7-10-23(13-15)12-14-5-3-2-4-6-14/h2-6,8-9,11,15,21H,7,10,12-13H2,1H3,(H,20,24). The fourth-order valence-corrected chi connectivity index (χ4v) is 3.47. The first-order valence-electron chi connectivity index (χ1n) is 8.40. The van der Waals surface area contributed by atoms with Gasteiger partial charge in [-0.1, -0.05) is 30.3 Å². The van der Waals surface area contributed by atoms with Crippen LogP contribution in [0, 0.1) is 0 Å². The van der Waals surface area contributed by atoms with Gasteiger partial charge in [0.2, 0.25) is 0 Å². The number of aryl methyl sites for hydroxylation is 1. The molecule has 0 spiro atoms. The number of aromatic nitrogens is 2. The summed E-state index contributed by atoms with van der Waals surface area (Å²) < 4.78 is 2.01. The van der Waals surface area contributed by atoms with Gasteiger partial charge in [-0.05, 0) is 24.1 Å². The molecular weight excluding hydrogens is 300 g/mol. The van der Waals surface area contributed by atoms with Crippen molar-refractivity contribution in [3.63, 3.8) is 0 Å². The Morgan fingerprint density at radius 2 is 2.12 bits per heavy atom. The summed E-state index contributed by atoms with van der Waals surface area (Å²) in [5.74, 6) is -0.0160. The zero-order valence-electron chi connectivity index (χ0n) is 13.8. The Labute approximate surface area is 141 Å². The van der Waals surface area contributed by atoms with Gasteiger partial charge in [-0.2, -0.15) is 0 Å². The van der Waals surface area contributed by atoms with Crippen molar-refractivity contribution in [2.75, 3.05) is 13.1 Å². The summed E-state index contributed by atoms with van der Waals surface area (Å²) in [6.45, 7) is 2.87. The number of nitrogens with one attached hydrogen (secondary N) is 2. The fraction of sp³-hybridized carbons (Fsp3) is 0.316. The number of hydrogen-bond acceptors (Lipinski definition) is 2. The zero-order chi connectivity index (χ0) is 16.5. The molecule has 1 aliphatic heterocycles. The molecule has 124 valence electrons. The van der Waals surface area contributed by atoms with E-state index in [0.29, 0.717) is 5.69 Å². The second-order valence-corrected chi connectivity index (χ2v) is 6.59. The number of amides is 1. The van der Waals surface area contributed by atoms with E-state index in [2.05, 4.69) is 39.5 Å². The maximum Gasteiger partial charge on any atom is 0.268 e. The summed E-state index contributed by atoms with van der Waals surface area (Å²) in [5.41, 5.74) is 4.01. The average Bonchev–Trinajstić information content (AvgIpc) is 3.27. The number of likely N-dealkylation sites (tertiary alicyclic amines) is 1. The number of carbonyl (C=O) groups excluding carboxylic acids is 1. The molecule has 0 saturated carbocycles. The molecule has 3 aromatic rings. The summed E-state index contributed by atoms with van der Waals surface area (Å²) in [6.07, 6.45) is 2.99. The normalized spacial score (nSPS) is 18.3. The molecule has 4 rings (SSSR count). The SMILES string of the molecule is Cn1ccc2[nH]c(C(=O)NC3CCN(Cc4ccccc4)C3)cc21. The molecule has 1 aromatic carbocycles. The van der Waals surface area contributed by atoms with Crippen LogP contribution in [0.2, 0.25) is 0 Å². The van der Waals surface area contributed by atoms with Gasteiger partial charge in [0.1, 0.15) is 5.69 Å². The van der Waals surface area contributed by atoms with Gasteiger partial charge in [-0.25, -0.2) is 0 Å². The topological polar surface area (TPSA) is 53.1 Å². The van der Waals surface area contributed by atoms with Crippen LogP contribution < -0.4 is 5.32 Å². The van der Waals surface area contributed by atoms with Gasteiger partial charge >= 0.3 is 0 Å². The third-order valence-corrected chi connectivity index (χ3v) is 4.77. The molecule has 5 heteroatoms. The molecule has 1 unspecified atom stereocenters. The molecule has 2 aromatic heterocycles. The van der Waals surface area contributed by atoms with Gasteiger partial charge in [0.05, 0.1) is 11.0 Å². The van der Waals surface area contributed by atoms with Crippen molar-refractivity contribution in [2.24, 2.45) is 7.05 Å². The van der Waals surface area contributed by atoms with E-state index in [4.69, 9.17) is 0 Å². The van der Waals surface area contributed by atoms with E-state index in [-0.39, 0.29) is 11.9 Å². The molecule has 0 radical (unpaired) electrons. The van der Waals surface area contributed by atoms with Crippen molar-refractivity contribution in [1.82, 2.24) is 19.8 Å². The van der Waals surface area contributed by atoms with Crippen molar-refractivity contribution in [1.29, 1.82) is 0 Å². The Bertz CT molecular complexity index is 849. The van der Waals surface area contributed by atoms with Crippen LogP contribution in [-0.2, 0) is 13.6 Å². The van der Waals surface area contributed by atoms with Crippen LogP contribution >= 0.6 is 0 Å². The van der Waals surface area contributed by atoms with Crippen LogP contribution in [0.25, 0.3) is 11.0 Å². The lowest BCUT2D eigenvalue weighted by Crippen LogP contribution is -2.37. The second-order valence-electron chi connectivity index (χ2n) is 6.59. The van der Waals surface area contributed by atoms with Crippen molar-refractivity contribution >= 4 is 16.9 Å². The number of nitrogens with zero attached hydrogens (tertiary/aromatic N) is 2. The first-order valence-corrected chi connectivity index (χ1v) is 8.40. The van der Waals surface area contributed by atoms with Gasteiger partial charge in [-0.15, -0.1) is 0 Å². The smallest absolute Gasteiger partial charge is 0.268 e. The minimum atomic E-state index is -0.0160. The maximum absolute atomic E-state index is 12.5. The van der Waals surface area contributed by atoms with E-state index in [1.807, 2.05) is 36.0 Å². The summed E-state index contributed by atoms with van der Waals surface area (Å²) in [6, 6.07) is 14.6. The number of carbonyl (C=O) groups is 1. The molecule has 5 nitrogen and oxygen atoms in total. The molecule has 1 amide bonds. The maximum atomic E-state index is 12.5. The number of hydrogen-bond donors (Lipinski definition) is 2. The number of benzene rings is 1. The quantitative estimate of drug-likeness (QED) is 0.775. The molecule has 1 saturated heterocycles. The number of H-pyrrole nitrogens is 1. The van der Waals surface area contributed by atoms with Crippen molar-refractivity contribution < 1.29 is 4.79 Å². The van der Waals surface area contributed by atoms with E-state index < -0.39 is 0 Å². The van der Waals surface area contributed by atoms with E-state index in [9.17, 15) is 4.79 Å². The highest BCUT2D eigenvalue weighted by Crippen LogP contribution is 2.17. The molecule has 1 atom stereocenters. The van der Waals surface area contributed by atoms with Crippen molar-refractivity contribution in [3.8, 4) is 0 Å². The molecule has 2 N–H and O–H groups in total. The van der Waals surface area contributed by atoms with Gasteiger partial charge in [0.25, 0.3) is 5.91 Å². The highest BCUT2D eigenvalue weighted by atomic mass is 16.2. The molecule has 1 fully saturated rings. The van der Waals surface area contributed by atoms with Crippen LogP contribution in [0.15, 0.2) is 48.7 Å². The zero-order valence-corrected chi connectivity index (χ0v) is 13.8. The van der Waals surface area contributed by atoms with Crippen LogP contribution in [-0.4, -0.2) is 39.5 Å². The average molecular weight is 322 g/mol. The van der Waals surface area contributed by atoms with E-state index >= 15 is 0 Å². The van der Waals surface area contributed by atoms with Gasteiger partial charge in [-0.3, -0.25) is 9.69 Å². The van der Waals surface area contributed by atoms with Gasteiger partial charge < -0.3 is 14.9 Å². The highest BCUT2D eigenvalue weighted by molar-refractivity contribution is 5.97. The molecule has 0 bridgehead atoms. The first kappa shape index (κ1) is 15.0.